The van der Waals surface area contributed by atoms with Crippen LogP contribution in [0.25, 0.3) is 0 Å². The standard InChI is InChI=1S/C22H27ClN2O3/c1-21(2)15-8-10-22(21,3)17(12-15)25-19(27)13-18(26)24(20(25)28)11-9-14-4-6-16(23)7-5-14/h4-7,13,15,17,26H,8-12H2,1-3H3/t15-,17+,22+/m1/s1. The Morgan fingerprint density at radius 1 is 1.18 bits per heavy atom. The van der Waals surface area contributed by atoms with Gasteiger partial charge in [0.15, 0.2) is 0 Å². The van der Waals surface area contributed by atoms with Gasteiger partial charge in [0.1, 0.15) is 0 Å². The molecule has 6 heteroatoms. The highest BCUT2D eigenvalue weighted by Crippen LogP contribution is 2.69. The van der Waals surface area contributed by atoms with Gasteiger partial charge in [-0.25, -0.2) is 4.79 Å². The van der Waals surface area contributed by atoms with Crippen molar-refractivity contribution in [1.29, 1.82) is 0 Å². The number of hydrogen-bond donors (Lipinski definition) is 1. The fourth-order valence-electron chi connectivity index (χ4n) is 5.52. The first-order valence-corrected chi connectivity index (χ1v) is 10.3. The first-order valence-electron chi connectivity index (χ1n) is 9.95. The van der Waals surface area contributed by atoms with E-state index in [-0.39, 0.29) is 22.8 Å². The Hall–Kier alpha value is -2.01. The van der Waals surface area contributed by atoms with Crippen LogP contribution in [0, 0.1) is 16.7 Å². The Kier molecular flexibility index (Phi) is 4.49. The van der Waals surface area contributed by atoms with Crippen LogP contribution in [0.15, 0.2) is 39.9 Å². The molecule has 2 aliphatic rings. The second-order valence-electron chi connectivity index (χ2n) is 9.15. The van der Waals surface area contributed by atoms with Crippen molar-refractivity contribution in [2.75, 3.05) is 0 Å². The number of aryl methyl sites for hydroxylation is 1. The van der Waals surface area contributed by atoms with Gasteiger partial charge in [-0.1, -0.05) is 44.5 Å². The predicted molar refractivity (Wildman–Crippen MR) is 110 cm³/mol. The summed E-state index contributed by atoms with van der Waals surface area (Å²) in [5.41, 5.74) is 0.205. The van der Waals surface area contributed by atoms with Crippen LogP contribution in [0.1, 0.15) is 51.6 Å². The summed E-state index contributed by atoms with van der Waals surface area (Å²) in [4.78, 5) is 26.0. The van der Waals surface area contributed by atoms with E-state index in [2.05, 4.69) is 20.8 Å². The van der Waals surface area contributed by atoms with Crippen molar-refractivity contribution in [2.24, 2.45) is 16.7 Å². The van der Waals surface area contributed by atoms with Gasteiger partial charge in [-0.15, -0.1) is 0 Å². The third-order valence-corrected chi connectivity index (χ3v) is 8.05. The minimum absolute atomic E-state index is 0.0916. The van der Waals surface area contributed by atoms with Crippen LogP contribution < -0.4 is 11.2 Å². The molecule has 1 aromatic carbocycles. The third kappa shape index (κ3) is 2.74. The topological polar surface area (TPSA) is 64.2 Å². The minimum atomic E-state index is -0.409. The molecule has 2 fully saturated rings. The molecule has 28 heavy (non-hydrogen) atoms. The normalized spacial score (nSPS) is 28.0. The molecular formula is C22H27ClN2O3. The summed E-state index contributed by atoms with van der Waals surface area (Å²) < 4.78 is 2.72. The lowest BCUT2D eigenvalue weighted by atomic mass is 9.69. The summed E-state index contributed by atoms with van der Waals surface area (Å²) in [6, 6.07) is 8.48. The zero-order valence-electron chi connectivity index (χ0n) is 16.6. The molecule has 4 rings (SSSR count). The molecule has 150 valence electrons. The monoisotopic (exact) mass is 402 g/mol. The van der Waals surface area contributed by atoms with E-state index in [1.165, 1.54) is 15.2 Å². The van der Waals surface area contributed by atoms with Crippen LogP contribution in [0.3, 0.4) is 0 Å². The van der Waals surface area contributed by atoms with Crippen LogP contribution in [0.2, 0.25) is 5.02 Å². The lowest BCUT2D eigenvalue weighted by Gasteiger charge is -2.39. The van der Waals surface area contributed by atoms with Gasteiger partial charge in [-0.3, -0.25) is 13.9 Å². The maximum atomic E-state index is 13.2. The third-order valence-electron chi connectivity index (χ3n) is 7.80. The van der Waals surface area contributed by atoms with E-state index in [0.717, 1.165) is 24.8 Å². The van der Waals surface area contributed by atoms with Gasteiger partial charge in [0.05, 0.1) is 6.07 Å². The quantitative estimate of drug-likeness (QED) is 0.840. The Morgan fingerprint density at radius 3 is 2.43 bits per heavy atom. The molecule has 1 aromatic heterocycles. The number of aromatic hydroxyl groups is 1. The summed E-state index contributed by atoms with van der Waals surface area (Å²) in [5.74, 6) is 0.248. The summed E-state index contributed by atoms with van der Waals surface area (Å²) in [7, 11) is 0. The van der Waals surface area contributed by atoms with E-state index in [1.807, 2.05) is 12.1 Å². The molecule has 2 bridgehead atoms. The van der Waals surface area contributed by atoms with E-state index in [0.29, 0.717) is 23.9 Å². The molecule has 0 amide bonds. The Bertz CT molecular complexity index is 1020. The fourth-order valence-corrected chi connectivity index (χ4v) is 5.65. The van der Waals surface area contributed by atoms with Crippen LogP contribution in [-0.4, -0.2) is 14.2 Å². The first-order chi connectivity index (χ1) is 13.1. The second-order valence-corrected chi connectivity index (χ2v) is 9.58. The molecule has 1 heterocycles. The number of hydrogen-bond acceptors (Lipinski definition) is 3. The van der Waals surface area contributed by atoms with Crippen molar-refractivity contribution in [3.05, 3.63) is 61.8 Å². The van der Waals surface area contributed by atoms with Gasteiger partial charge < -0.3 is 5.11 Å². The van der Waals surface area contributed by atoms with E-state index < -0.39 is 11.2 Å². The number of nitrogens with zero attached hydrogens (tertiary/aromatic N) is 2. The minimum Gasteiger partial charge on any atom is -0.494 e. The molecule has 2 saturated carbocycles. The maximum absolute atomic E-state index is 13.2. The molecule has 1 N–H and O–H groups in total. The second kappa shape index (κ2) is 6.51. The van der Waals surface area contributed by atoms with Gasteiger partial charge in [0.2, 0.25) is 5.88 Å². The zero-order valence-corrected chi connectivity index (χ0v) is 17.4. The predicted octanol–water partition coefficient (Wildman–Crippen LogP) is 4.00. The lowest BCUT2D eigenvalue weighted by Crippen LogP contribution is -2.46. The van der Waals surface area contributed by atoms with Crippen molar-refractivity contribution in [3.8, 4) is 5.88 Å². The Morgan fingerprint density at radius 2 is 1.86 bits per heavy atom. The van der Waals surface area contributed by atoms with E-state index in [9.17, 15) is 14.7 Å². The summed E-state index contributed by atoms with van der Waals surface area (Å²) in [6.07, 6.45) is 3.59. The molecule has 2 aliphatic carbocycles. The van der Waals surface area contributed by atoms with E-state index in [1.54, 1.807) is 12.1 Å². The highest BCUT2D eigenvalue weighted by Gasteiger charge is 2.62. The van der Waals surface area contributed by atoms with Gasteiger partial charge >= 0.3 is 5.69 Å². The van der Waals surface area contributed by atoms with Crippen LogP contribution in [0.4, 0.5) is 0 Å². The molecule has 0 unspecified atom stereocenters. The average molecular weight is 403 g/mol. The van der Waals surface area contributed by atoms with E-state index in [4.69, 9.17) is 11.6 Å². The summed E-state index contributed by atoms with van der Waals surface area (Å²) in [6.45, 7) is 7.04. The number of benzene rings is 1. The lowest BCUT2D eigenvalue weighted by molar-refractivity contribution is 0.102. The number of fused-ring (bicyclic) bond motifs is 2. The molecule has 2 aromatic rings. The molecule has 5 nitrogen and oxygen atoms in total. The first kappa shape index (κ1) is 19.3. The zero-order chi connectivity index (χ0) is 20.3. The highest BCUT2D eigenvalue weighted by molar-refractivity contribution is 6.30. The SMILES string of the molecule is CC1(C)[C@@H]2CC[C@@]1(C)[C@@H](n1c(=O)cc(O)n(CCc3ccc(Cl)cc3)c1=O)C2. The largest absolute Gasteiger partial charge is 0.494 e. The molecular weight excluding hydrogens is 376 g/mol. The molecule has 3 atom stereocenters. The van der Waals surface area contributed by atoms with Gasteiger partial charge in [0, 0.05) is 17.6 Å². The van der Waals surface area contributed by atoms with Gasteiger partial charge in [-0.2, -0.15) is 0 Å². The maximum Gasteiger partial charge on any atom is 0.334 e. The van der Waals surface area contributed by atoms with Gasteiger partial charge in [0.25, 0.3) is 5.56 Å². The highest BCUT2D eigenvalue weighted by atomic mass is 35.5. The Balaban J connectivity index is 1.70. The molecule has 0 radical (unpaired) electrons. The van der Waals surface area contributed by atoms with Crippen LogP contribution >= 0.6 is 11.6 Å². The van der Waals surface area contributed by atoms with Crippen molar-refractivity contribution in [2.45, 2.75) is 59.0 Å². The number of aromatic nitrogens is 2. The van der Waals surface area contributed by atoms with Crippen molar-refractivity contribution in [3.63, 3.8) is 0 Å². The molecule has 0 aliphatic heterocycles. The average Bonchev–Trinajstić information content (AvgIpc) is 2.96. The van der Waals surface area contributed by atoms with Crippen molar-refractivity contribution < 1.29 is 5.11 Å². The van der Waals surface area contributed by atoms with E-state index >= 15 is 0 Å². The number of rotatable bonds is 4. The van der Waals surface area contributed by atoms with Crippen LogP contribution in [0.5, 0.6) is 5.88 Å². The fraction of sp³-hybridized carbons (Fsp3) is 0.545. The van der Waals surface area contributed by atoms with Crippen molar-refractivity contribution in [1.82, 2.24) is 9.13 Å². The molecule has 0 spiro atoms. The van der Waals surface area contributed by atoms with Crippen molar-refractivity contribution >= 4 is 11.6 Å². The smallest absolute Gasteiger partial charge is 0.334 e. The number of halogens is 1. The summed E-state index contributed by atoms with van der Waals surface area (Å²) in [5, 5.41) is 10.9. The van der Waals surface area contributed by atoms with Crippen LogP contribution in [-0.2, 0) is 13.0 Å². The van der Waals surface area contributed by atoms with Gasteiger partial charge in [-0.05, 0) is 60.1 Å². The molecule has 0 saturated heterocycles. The Labute approximate surface area is 169 Å². The summed E-state index contributed by atoms with van der Waals surface area (Å²) >= 11 is 5.92.